The van der Waals surface area contributed by atoms with Gasteiger partial charge in [0, 0.05) is 31.4 Å². The third-order valence-corrected chi connectivity index (χ3v) is 4.17. The number of anilines is 1. The highest BCUT2D eigenvalue weighted by Crippen LogP contribution is 2.29. The van der Waals surface area contributed by atoms with Crippen LogP contribution in [-0.4, -0.2) is 43.3 Å². The van der Waals surface area contributed by atoms with Crippen molar-refractivity contribution in [3.05, 3.63) is 30.1 Å². The Labute approximate surface area is 113 Å². The molecule has 0 radical (unpaired) electrons. The van der Waals surface area contributed by atoms with Gasteiger partial charge in [-0.15, -0.1) is 0 Å². The van der Waals surface area contributed by atoms with Crippen LogP contribution in [-0.2, 0) is 4.74 Å². The van der Waals surface area contributed by atoms with Gasteiger partial charge in [0.1, 0.15) is 5.82 Å². The van der Waals surface area contributed by atoms with Gasteiger partial charge < -0.3 is 10.1 Å². The van der Waals surface area contributed by atoms with E-state index in [1.165, 1.54) is 31.4 Å². The van der Waals surface area contributed by atoms with Crippen LogP contribution < -0.4 is 5.32 Å². The number of ether oxygens (including phenoxy) is 1. The molecule has 1 heterocycles. The molecule has 2 fully saturated rings. The van der Waals surface area contributed by atoms with Crippen molar-refractivity contribution in [1.29, 1.82) is 0 Å². The molecule has 0 aromatic heterocycles. The van der Waals surface area contributed by atoms with Crippen molar-refractivity contribution < 1.29 is 9.13 Å². The van der Waals surface area contributed by atoms with Crippen LogP contribution in [0.3, 0.4) is 0 Å². The Morgan fingerprint density at radius 2 is 2.11 bits per heavy atom. The van der Waals surface area contributed by atoms with E-state index in [2.05, 4.69) is 10.2 Å². The fourth-order valence-electron chi connectivity index (χ4n) is 3.19. The molecule has 0 amide bonds. The number of fused-ring (bicyclic) bond motifs is 1. The SMILES string of the molecule is Fc1ccc(NCCN2CCOC3CCCC32)cc1. The summed E-state index contributed by atoms with van der Waals surface area (Å²) in [5.74, 6) is -0.187. The molecule has 1 saturated heterocycles. The number of halogens is 1. The van der Waals surface area contributed by atoms with E-state index in [4.69, 9.17) is 4.74 Å². The maximum Gasteiger partial charge on any atom is 0.123 e. The van der Waals surface area contributed by atoms with Crippen LogP contribution in [0.5, 0.6) is 0 Å². The number of hydrogen-bond donors (Lipinski definition) is 1. The maximum atomic E-state index is 12.8. The predicted octanol–water partition coefficient (Wildman–Crippen LogP) is 2.49. The lowest BCUT2D eigenvalue weighted by Crippen LogP contribution is -2.49. The number of benzene rings is 1. The van der Waals surface area contributed by atoms with Crippen LogP contribution >= 0.6 is 0 Å². The van der Waals surface area contributed by atoms with E-state index >= 15 is 0 Å². The molecular weight excluding hydrogens is 243 g/mol. The molecule has 104 valence electrons. The summed E-state index contributed by atoms with van der Waals surface area (Å²) in [4.78, 5) is 2.54. The second kappa shape index (κ2) is 5.88. The van der Waals surface area contributed by atoms with Crippen molar-refractivity contribution in [2.75, 3.05) is 31.6 Å². The van der Waals surface area contributed by atoms with Crippen molar-refractivity contribution in [3.8, 4) is 0 Å². The van der Waals surface area contributed by atoms with Gasteiger partial charge in [-0.3, -0.25) is 4.90 Å². The van der Waals surface area contributed by atoms with Gasteiger partial charge in [0.2, 0.25) is 0 Å². The summed E-state index contributed by atoms with van der Waals surface area (Å²) in [6, 6.07) is 7.16. The van der Waals surface area contributed by atoms with Gasteiger partial charge >= 0.3 is 0 Å². The molecule has 0 bridgehead atoms. The molecule has 19 heavy (non-hydrogen) atoms. The van der Waals surface area contributed by atoms with E-state index in [-0.39, 0.29) is 5.82 Å². The lowest BCUT2D eigenvalue weighted by molar-refractivity contribution is -0.0539. The van der Waals surface area contributed by atoms with Gasteiger partial charge in [0.05, 0.1) is 12.7 Å². The first-order valence-electron chi connectivity index (χ1n) is 7.18. The summed E-state index contributed by atoms with van der Waals surface area (Å²) in [5, 5.41) is 3.35. The fraction of sp³-hybridized carbons (Fsp3) is 0.600. The zero-order valence-electron chi connectivity index (χ0n) is 11.1. The van der Waals surface area contributed by atoms with Crippen LogP contribution in [0.1, 0.15) is 19.3 Å². The topological polar surface area (TPSA) is 24.5 Å². The molecule has 2 aliphatic rings. The molecule has 0 spiro atoms. The summed E-state index contributed by atoms with van der Waals surface area (Å²) in [7, 11) is 0. The fourth-order valence-corrected chi connectivity index (χ4v) is 3.19. The van der Waals surface area contributed by atoms with Gasteiger partial charge in [-0.25, -0.2) is 4.39 Å². The molecule has 1 saturated carbocycles. The van der Waals surface area contributed by atoms with Gasteiger partial charge in [-0.1, -0.05) is 0 Å². The number of nitrogens with zero attached hydrogens (tertiary/aromatic N) is 1. The first-order valence-corrected chi connectivity index (χ1v) is 7.18. The highest BCUT2D eigenvalue weighted by Gasteiger charge is 2.35. The van der Waals surface area contributed by atoms with E-state index in [9.17, 15) is 4.39 Å². The Hall–Kier alpha value is -1.13. The predicted molar refractivity (Wildman–Crippen MR) is 73.8 cm³/mol. The van der Waals surface area contributed by atoms with E-state index < -0.39 is 0 Å². The van der Waals surface area contributed by atoms with Gasteiger partial charge in [-0.05, 0) is 43.5 Å². The Bertz CT molecular complexity index is 409. The second-order valence-electron chi connectivity index (χ2n) is 5.38. The normalized spacial score (nSPS) is 27.2. The minimum absolute atomic E-state index is 0.187. The molecule has 4 heteroatoms. The first kappa shape index (κ1) is 12.9. The molecule has 2 unspecified atom stereocenters. The number of hydrogen-bond acceptors (Lipinski definition) is 3. The summed E-state index contributed by atoms with van der Waals surface area (Å²) < 4.78 is 18.6. The molecule has 1 aliphatic carbocycles. The minimum Gasteiger partial charge on any atom is -0.384 e. The lowest BCUT2D eigenvalue weighted by atomic mass is 10.1. The van der Waals surface area contributed by atoms with Crippen LogP contribution in [0.2, 0.25) is 0 Å². The zero-order chi connectivity index (χ0) is 13.1. The van der Waals surface area contributed by atoms with Crippen LogP contribution in [0.15, 0.2) is 24.3 Å². The molecule has 2 atom stereocenters. The Balaban J connectivity index is 1.48. The summed E-state index contributed by atoms with van der Waals surface area (Å²) in [6.45, 7) is 3.82. The average molecular weight is 264 g/mol. The molecular formula is C15H21FN2O. The largest absolute Gasteiger partial charge is 0.384 e. The van der Waals surface area contributed by atoms with Crippen LogP contribution in [0, 0.1) is 5.82 Å². The van der Waals surface area contributed by atoms with Crippen LogP contribution in [0.25, 0.3) is 0 Å². The third kappa shape index (κ3) is 3.07. The van der Waals surface area contributed by atoms with Crippen molar-refractivity contribution >= 4 is 5.69 Å². The molecule has 3 rings (SSSR count). The molecule has 1 aliphatic heterocycles. The third-order valence-electron chi connectivity index (χ3n) is 4.17. The summed E-state index contributed by atoms with van der Waals surface area (Å²) in [5.41, 5.74) is 0.984. The van der Waals surface area contributed by atoms with E-state index in [1.54, 1.807) is 12.1 Å². The van der Waals surface area contributed by atoms with Gasteiger partial charge in [0.15, 0.2) is 0 Å². The molecule has 1 aromatic carbocycles. The molecule has 1 aromatic rings. The number of morpholine rings is 1. The van der Waals surface area contributed by atoms with Gasteiger partial charge in [0.25, 0.3) is 0 Å². The van der Waals surface area contributed by atoms with Gasteiger partial charge in [-0.2, -0.15) is 0 Å². The summed E-state index contributed by atoms with van der Waals surface area (Å²) in [6.07, 6.45) is 4.23. The minimum atomic E-state index is -0.187. The molecule has 1 N–H and O–H groups in total. The average Bonchev–Trinajstić information content (AvgIpc) is 2.90. The Kier molecular flexibility index (Phi) is 3.99. The highest BCUT2D eigenvalue weighted by molar-refractivity contribution is 5.42. The van der Waals surface area contributed by atoms with E-state index in [0.29, 0.717) is 12.1 Å². The van der Waals surface area contributed by atoms with E-state index in [1.807, 2.05) is 0 Å². The molecule has 3 nitrogen and oxygen atoms in total. The maximum absolute atomic E-state index is 12.8. The monoisotopic (exact) mass is 264 g/mol. The quantitative estimate of drug-likeness (QED) is 0.904. The highest BCUT2D eigenvalue weighted by atomic mass is 19.1. The standard InChI is InChI=1S/C15H21FN2O/c16-12-4-6-13(7-5-12)17-8-9-18-10-11-19-15-3-1-2-14(15)18/h4-7,14-15,17H,1-3,8-11H2. The van der Waals surface area contributed by atoms with Crippen LogP contribution in [0.4, 0.5) is 10.1 Å². The summed E-state index contributed by atoms with van der Waals surface area (Å²) >= 11 is 0. The number of rotatable bonds is 4. The van der Waals surface area contributed by atoms with Crippen molar-refractivity contribution in [1.82, 2.24) is 4.90 Å². The number of nitrogens with one attached hydrogen (secondary N) is 1. The lowest BCUT2D eigenvalue weighted by Gasteiger charge is -2.37. The van der Waals surface area contributed by atoms with Crippen molar-refractivity contribution in [2.24, 2.45) is 0 Å². The first-order chi connectivity index (χ1) is 9.33. The second-order valence-corrected chi connectivity index (χ2v) is 5.38. The van der Waals surface area contributed by atoms with Crippen molar-refractivity contribution in [2.45, 2.75) is 31.4 Å². The van der Waals surface area contributed by atoms with Crippen molar-refractivity contribution in [3.63, 3.8) is 0 Å². The smallest absolute Gasteiger partial charge is 0.123 e. The zero-order valence-corrected chi connectivity index (χ0v) is 11.1. The van der Waals surface area contributed by atoms with E-state index in [0.717, 1.165) is 31.9 Å². The Morgan fingerprint density at radius 3 is 2.95 bits per heavy atom. The Morgan fingerprint density at radius 1 is 1.26 bits per heavy atom.